The van der Waals surface area contributed by atoms with Gasteiger partial charge in [-0.15, -0.1) is 6.58 Å². The van der Waals surface area contributed by atoms with E-state index in [0.29, 0.717) is 5.92 Å². The first-order valence-electron chi connectivity index (χ1n) is 7.86. The summed E-state index contributed by atoms with van der Waals surface area (Å²) in [5, 5.41) is 1.49. The number of allylic oxidation sites excluding steroid dienone is 1. The van der Waals surface area contributed by atoms with Gasteiger partial charge in [0.05, 0.1) is 9.52 Å². The van der Waals surface area contributed by atoms with Crippen LogP contribution in [0.15, 0.2) is 73.3 Å². The molecule has 21 heavy (non-hydrogen) atoms. The maximum Gasteiger partial charge on any atom is 0.0807 e. The lowest BCUT2D eigenvalue weighted by Gasteiger charge is -2.12. The van der Waals surface area contributed by atoms with Crippen molar-refractivity contribution >= 4 is 14.7 Å². The van der Waals surface area contributed by atoms with Gasteiger partial charge in [-0.3, -0.25) is 0 Å². The Bertz CT molecular complexity index is 504. The van der Waals surface area contributed by atoms with E-state index in [0.717, 1.165) is 9.52 Å². The van der Waals surface area contributed by atoms with Crippen molar-refractivity contribution in [3.8, 4) is 0 Å². The third-order valence-corrected chi connectivity index (χ3v) is 5.15. The Balaban J connectivity index is 1.62. The average molecular weight is 292 g/mol. The van der Waals surface area contributed by atoms with E-state index in [-0.39, 0.29) is 0 Å². The van der Waals surface area contributed by atoms with Gasteiger partial charge in [-0.2, -0.15) is 0 Å². The first-order chi connectivity index (χ1) is 10.4. The molecule has 0 fully saturated rings. The Hall–Kier alpha value is -1.60. The minimum atomic E-state index is 0.516. The Morgan fingerprint density at radius 1 is 0.857 bits per heavy atom. The fraction of sp³-hybridized carbons (Fsp3) is 0.300. The van der Waals surface area contributed by atoms with Crippen LogP contribution in [0.25, 0.3) is 0 Å². The van der Waals surface area contributed by atoms with Crippen molar-refractivity contribution in [2.45, 2.75) is 37.6 Å². The van der Waals surface area contributed by atoms with Crippen LogP contribution in [0.2, 0.25) is 6.04 Å². The summed E-state index contributed by atoms with van der Waals surface area (Å²) in [6.45, 7) is 3.99. The Morgan fingerprint density at radius 3 is 2.19 bits per heavy atom. The number of rotatable bonds is 9. The smallest absolute Gasteiger partial charge is 0.0807 e. The molecule has 0 bridgehead atoms. The van der Waals surface area contributed by atoms with Crippen LogP contribution in [0.5, 0.6) is 0 Å². The fourth-order valence-electron chi connectivity index (χ4n) is 2.58. The molecule has 0 heterocycles. The Morgan fingerprint density at radius 2 is 1.52 bits per heavy atom. The maximum absolute atomic E-state index is 3.99. The third-order valence-electron chi connectivity index (χ3n) is 3.81. The van der Waals surface area contributed by atoms with Crippen molar-refractivity contribution in [3.63, 3.8) is 0 Å². The first-order valence-corrected chi connectivity index (χ1v) is 9.07. The Kier molecular flexibility index (Phi) is 7.03. The lowest BCUT2D eigenvalue weighted by atomic mass is 9.93. The molecule has 1 heteroatoms. The van der Waals surface area contributed by atoms with Gasteiger partial charge in [-0.25, -0.2) is 0 Å². The van der Waals surface area contributed by atoms with Gasteiger partial charge < -0.3 is 0 Å². The number of hydrogen-bond donors (Lipinski definition) is 0. The van der Waals surface area contributed by atoms with Gasteiger partial charge in [-0.1, -0.05) is 97.2 Å². The molecule has 2 aromatic carbocycles. The molecule has 2 aromatic rings. The molecule has 0 spiro atoms. The van der Waals surface area contributed by atoms with E-state index >= 15 is 0 Å². The summed E-state index contributed by atoms with van der Waals surface area (Å²) in [6, 6.07) is 22.9. The fourth-order valence-corrected chi connectivity index (χ4v) is 3.72. The lowest BCUT2D eigenvalue weighted by Crippen LogP contribution is -2.12. The van der Waals surface area contributed by atoms with Crippen molar-refractivity contribution in [1.29, 1.82) is 0 Å². The van der Waals surface area contributed by atoms with E-state index in [2.05, 4.69) is 73.3 Å². The molecule has 108 valence electrons. The molecule has 0 aromatic heterocycles. The lowest BCUT2D eigenvalue weighted by molar-refractivity contribution is 0.628. The minimum absolute atomic E-state index is 0.516. The molecular weight excluding hydrogens is 268 g/mol. The van der Waals surface area contributed by atoms with Gasteiger partial charge in [0.15, 0.2) is 0 Å². The van der Waals surface area contributed by atoms with Crippen LogP contribution in [0.3, 0.4) is 0 Å². The molecule has 2 rings (SSSR count). The van der Waals surface area contributed by atoms with Crippen molar-refractivity contribution in [2.75, 3.05) is 0 Å². The van der Waals surface area contributed by atoms with Crippen LogP contribution in [0, 0.1) is 0 Å². The number of benzene rings is 2. The summed E-state index contributed by atoms with van der Waals surface area (Å²) in [6.07, 6.45) is 7.29. The van der Waals surface area contributed by atoms with E-state index in [4.69, 9.17) is 0 Å². The molecule has 0 aliphatic rings. The van der Waals surface area contributed by atoms with Crippen LogP contribution in [-0.4, -0.2) is 9.52 Å². The summed E-state index contributed by atoms with van der Waals surface area (Å²) >= 11 is 0. The molecule has 0 aliphatic carbocycles. The van der Waals surface area contributed by atoms with Crippen molar-refractivity contribution < 1.29 is 0 Å². The van der Waals surface area contributed by atoms with Crippen LogP contribution in [0.1, 0.15) is 37.2 Å². The van der Waals surface area contributed by atoms with Crippen LogP contribution in [0.4, 0.5) is 0 Å². The highest BCUT2D eigenvalue weighted by molar-refractivity contribution is 6.53. The summed E-state index contributed by atoms with van der Waals surface area (Å²) in [4.78, 5) is 0. The second-order valence-electron chi connectivity index (χ2n) is 5.40. The molecule has 0 amide bonds. The summed E-state index contributed by atoms with van der Waals surface area (Å²) in [7, 11) is 0.963. The van der Waals surface area contributed by atoms with Gasteiger partial charge in [0, 0.05) is 5.92 Å². The average Bonchev–Trinajstić information content (AvgIpc) is 2.56. The van der Waals surface area contributed by atoms with E-state index < -0.39 is 0 Å². The van der Waals surface area contributed by atoms with E-state index in [1.807, 2.05) is 0 Å². The largest absolute Gasteiger partial charge is 0.102 e. The third kappa shape index (κ3) is 5.72. The van der Waals surface area contributed by atoms with Gasteiger partial charge in [0.2, 0.25) is 0 Å². The molecule has 0 saturated carbocycles. The molecule has 0 aliphatic heterocycles. The first kappa shape index (κ1) is 15.8. The molecule has 1 unspecified atom stereocenters. The molecule has 1 atom stereocenters. The summed E-state index contributed by atoms with van der Waals surface area (Å²) in [5.41, 5.74) is 1.40. The topological polar surface area (TPSA) is 0 Å². The zero-order chi connectivity index (χ0) is 14.8. The second-order valence-corrected chi connectivity index (χ2v) is 6.83. The Labute approximate surface area is 131 Å². The van der Waals surface area contributed by atoms with E-state index in [1.165, 1.54) is 42.5 Å². The van der Waals surface area contributed by atoms with Gasteiger partial charge >= 0.3 is 0 Å². The van der Waals surface area contributed by atoms with Crippen molar-refractivity contribution in [1.82, 2.24) is 0 Å². The normalized spacial score (nSPS) is 12.0. The highest BCUT2D eigenvalue weighted by atomic mass is 28.2. The molecule has 2 radical (unpaired) electrons. The summed E-state index contributed by atoms with van der Waals surface area (Å²) in [5.74, 6) is 0.516. The maximum atomic E-state index is 3.99. The molecule has 0 saturated heterocycles. The van der Waals surface area contributed by atoms with Crippen LogP contribution >= 0.6 is 0 Å². The molecule has 0 N–H and O–H groups in total. The van der Waals surface area contributed by atoms with Gasteiger partial charge in [-0.05, 0) is 12.0 Å². The van der Waals surface area contributed by atoms with Crippen molar-refractivity contribution in [2.24, 2.45) is 0 Å². The standard InChI is InChI=1S/C20H24Si/c1-2-18(19-13-6-3-7-14-19)12-8-5-11-17-21-20-15-9-4-10-16-20/h2-4,6-7,9-10,13-16,18H,1,5,8,11-12,17H2. The van der Waals surface area contributed by atoms with E-state index in [9.17, 15) is 0 Å². The molecular formula is C20H24Si. The monoisotopic (exact) mass is 292 g/mol. The van der Waals surface area contributed by atoms with Crippen LogP contribution < -0.4 is 5.19 Å². The quantitative estimate of drug-likeness (QED) is 0.348. The van der Waals surface area contributed by atoms with Crippen molar-refractivity contribution in [3.05, 3.63) is 78.9 Å². The second kappa shape index (κ2) is 9.35. The highest BCUT2D eigenvalue weighted by Gasteiger charge is 2.06. The van der Waals surface area contributed by atoms with Gasteiger partial charge in [0.25, 0.3) is 0 Å². The zero-order valence-corrected chi connectivity index (χ0v) is 13.7. The minimum Gasteiger partial charge on any atom is -0.102 e. The van der Waals surface area contributed by atoms with Gasteiger partial charge in [0.1, 0.15) is 0 Å². The van der Waals surface area contributed by atoms with Crippen LogP contribution in [-0.2, 0) is 0 Å². The SMILES string of the molecule is C=CC(CCCCC[Si]c1ccccc1)c1ccccc1. The molecule has 0 nitrogen and oxygen atoms in total. The number of unbranched alkanes of at least 4 members (excludes halogenated alkanes) is 2. The predicted octanol–water partition coefficient (Wildman–Crippen LogP) is 4.96. The number of hydrogen-bond acceptors (Lipinski definition) is 0. The zero-order valence-electron chi connectivity index (χ0n) is 12.7. The summed E-state index contributed by atoms with van der Waals surface area (Å²) < 4.78 is 0. The van der Waals surface area contributed by atoms with E-state index in [1.54, 1.807) is 0 Å². The predicted molar refractivity (Wildman–Crippen MR) is 94.5 cm³/mol. The highest BCUT2D eigenvalue weighted by Crippen LogP contribution is 2.23.